The number of terminal acetylenes is 1. The average Bonchev–Trinajstić information content (AvgIpc) is 3.02. The molecule has 1 heterocycles. The van der Waals surface area contributed by atoms with Crippen molar-refractivity contribution in [1.29, 1.82) is 0 Å². The van der Waals surface area contributed by atoms with Crippen LogP contribution in [0, 0.1) is 12.3 Å². The highest BCUT2D eigenvalue weighted by atomic mass is 15.3. The molecule has 0 bridgehead atoms. The summed E-state index contributed by atoms with van der Waals surface area (Å²) in [4.78, 5) is 2.58. The summed E-state index contributed by atoms with van der Waals surface area (Å²) in [5.41, 5.74) is 6.03. The van der Waals surface area contributed by atoms with E-state index in [1.807, 2.05) is 0 Å². The van der Waals surface area contributed by atoms with Gasteiger partial charge in [-0.2, -0.15) is 0 Å². The van der Waals surface area contributed by atoms with Gasteiger partial charge in [-0.15, -0.1) is 12.3 Å². The van der Waals surface area contributed by atoms with Gasteiger partial charge in [-0.1, -0.05) is 0 Å². The third-order valence-electron chi connectivity index (χ3n) is 3.61. The number of likely N-dealkylation sites (tertiary alicyclic amines) is 1. The van der Waals surface area contributed by atoms with E-state index >= 15 is 0 Å². The van der Waals surface area contributed by atoms with E-state index in [-0.39, 0.29) is 5.54 Å². The molecule has 0 amide bonds. The molecule has 0 spiro atoms. The van der Waals surface area contributed by atoms with Crippen LogP contribution in [0.3, 0.4) is 0 Å². The van der Waals surface area contributed by atoms with Crippen molar-refractivity contribution in [2.45, 2.75) is 37.3 Å². The van der Waals surface area contributed by atoms with Crippen LogP contribution in [0.15, 0.2) is 0 Å². The van der Waals surface area contributed by atoms with E-state index in [1.165, 1.54) is 25.8 Å². The van der Waals surface area contributed by atoms with Crippen molar-refractivity contribution in [3.8, 4) is 12.3 Å². The number of nitrogens with zero attached hydrogens (tertiary/aromatic N) is 1. The van der Waals surface area contributed by atoms with Gasteiger partial charge in [0, 0.05) is 44.2 Å². The van der Waals surface area contributed by atoms with Gasteiger partial charge in [-0.3, -0.25) is 4.90 Å². The van der Waals surface area contributed by atoms with Crippen molar-refractivity contribution in [2.24, 2.45) is 5.73 Å². The molecule has 84 valence electrons. The maximum atomic E-state index is 5.89. The lowest BCUT2D eigenvalue weighted by Gasteiger charge is -2.29. The minimum atomic E-state index is 0.138. The Morgan fingerprint density at radius 2 is 2.33 bits per heavy atom. The van der Waals surface area contributed by atoms with Gasteiger partial charge < -0.3 is 11.1 Å². The van der Waals surface area contributed by atoms with Gasteiger partial charge in [0.2, 0.25) is 0 Å². The summed E-state index contributed by atoms with van der Waals surface area (Å²) in [6.45, 7) is 3.93. The number of nitrogens with two attached hydrogens (primary N) is 1. The normalized spacial score (nSPS) is 31.7. The summed E-state index contributed by atoms with van der Waals surface area (Å²) in [5.74, 6) is 2.66. The van der Waals surface area contributed by atoms with Gasteiger partial charge in [0.15, 0.2) is 0 Å². The zero-order chi connectivity index (χ0) is 10.7. The molecule has 0 aromatic rings. The Morgan fingerprint density at radius 1 is 1.53 bits per heavy atom. The van der Waals surface area contributed by atoms with Crippen LogP contribution in [-0.4, -0.2) is 42.7 Å². The van der Waals surface area contributed by atoms with E-state index < -0.39 is 0 Å². The SMILES string of the molecule is C#CCCNC1(CN)CCN(C2CC2)C1. The largest absolute Gasteiger partial charge is 0.329 e. The van der Waals surface area contributed by atoms with Crippen LogP contribution in [0.4, 0.5) is 0 Å². The van der Waals surface area contributed by atoms with Crippen LogP contribution >= 0.6 is 0 Å². The van der Waals surface area contributed by atoms with Gasteiger partial charge in [-0.05, 0) is 19.3 Å². The van der Waals surface area contributed by atoms with Gasteiger partial charge >= 0.3 is 0 Å². The Labute approximate surface area is 92.4 Å². The molecule has 1 saturated heterocycles. The van der Waals surface area contributed by atoms with Crippen molar-refractivity contribution < 1.29 is 0 Å². The van der Waals surface area contributed by atoms with Crippen molar-refractivity contribution >= 4 is 0 Å². The molecule has 1 aliphatic carbocycles. The first-order valence-electron chi connectivity index (χ1n) is 5.92. The molecule has 1 atom stereocenters. The summed E-state index contributed by atoms with van der Waals surface area (Å²) in [6.07, 6.45) is 9.98. The van der Waals surface area contributed by atoms with Crippen LogP contribution in [0.25, 0.3) is 0 Å². The molecule has 0 aromatic heterocycles. The Hall–Kier alpha value is -0.560. The minimum Gasteiger partial charge on any atom is -0.329 e. The Kier molecular flexibility index (Phi) is 3.30. The molecule has 3 heteroatoms. The van der Waals surface area contributed by atoms with Gasteiger partial charge in [0.05, 0.1) is 0 Å². The maximum Gasteiger partial charge on any atom is 0.0445 e. The van der Waals surface area contributed by atoms with Crippen molar-refractivity contribution in [3.63, 3.8) is 0 Å². The lowest BCUT2D eigenvalue weighted by atomic mass is 9.99. The standard InChI is InChI=1S/C12H21N3/c1-2-3-7-14-12(9-13)6-8-15(10-12)11-4-5-11/h1,11,14H,3-10,13H2. The Morgan fingerprint density at radius 3 is 2.93 bits per heavy atom. The fourth-order valence-corrected chi connectivity index (χ4v) is 2.44. The highest BCUT2D eigenvalue weighted by Gasteiger charge is 2.41. The molecule has 1 saturated carbocycles. The summed E-state index contributed by atoms with van der Waals surface area (Å²) in [7, 11) is 0. The first-order valence-corrected chi connectivity index (χ1v) is 5.92. The van der Waals surface area contributed by atoms with Crippen LogP contribution in [-0.2, 0) is 0 Å². The van der Waals surface area contributed by atoms with Crippen LogP contribution < -0.4 is 11.1 Å². The van der Waals surface area contributed by atoms with E-state index in [1.54, 1.807) is 0 Å². The number of hydrogen-bond acceptors (Lipinski definition) is 3. The molecule has 0 radical (unpaired) electrons. The highest BCUT2D eigenvalue weighted by molar-refractivity contribution is 5.02. The fourth-order valence-electron chi connectivity index (χ4n) is 2.44. The zero-order valence-corrected chi connectivity index (χ0v) is 9.34. The molecule has 2 rings (SSSR count). The molecule has 2 fully saturated rings. The summed E-state index contributed by atoms with van der Waals surface area (Å²) in [5, 5.41) is 3.55. The fraction of sp³-hybridized carbons (Fsp3) is 0.833. The second kappa shape index (κ2) is 4.52. The lowest BCUT2D eigenvalue weighted by Crippen LogP contribution is -2.53. The maximum absolute atomic E-state index is 5.89. The molecular formula is C12H21N3. The quantitative estimate of drug-likeness (QED) is 0.498. The Bertz CT molecular complexity index is 254. The third-order valence-corrected chi connectivity index (χ3v) is 3.61. The molecule has 3 nitrogen and oxygen atoms in total. The van der Waals surface area contributed by atoms with Crippen molar-refractivity contribution in [1.82, 2.24) is 10.2 Å². The van der Waals surface area contributed by atoms with Crippen LogP contribution in [0.5, 0.6) is 0 Å². The number of hydrogen-bond donors (Lipinski definition) is 2. The summed E-state index contributed by atoms with van der Waals surface area (Å²) >= 11 is 0. The van der Waals surface area contributed by atoms with E-state index in [0.717, 1.165) is 32.1 Å². The van der Waals surface area contributed by atoms with E-state index in [4.69, 9.17) is 12.2 Å². The molecular weight excluding hydrogens is 186 g/mol. The first-order chi connectivity index (χ1) is 7.29. The second-order valence-electron chi connectivity index (χ2n) is 4.82. The van der Waals surface area contributed by atoms with Gasteiger partial charge in [0.25, 0.3) is 0 Å². The second-order valence-corrected chi connectivity index (χ2v) is 4.82. The van der Waals surface area contributed by atoms with Crippen LogP contribution in [0.1, 0.15) is 25.7 Å². The van der Waals surface area contributed by atoms with E-state index in [9.17, 15) is 0 Å². The van der Waals surface area contributed by atoms with Gasteiger partial charge in [-0.25, -0.2) is 0 Å². The minimum absolute atomic E-state index is 0.138. The highest BCUT2D eigenvalue weighted by Crippen LogP contribution is 2.32. The Balaban J connectivity index is 1.83. The predicted octanol–water partition coefficient (Wildman–Crippen LogP) is 0.165. The van der Waals surface area contributed by atoms with E-state index in [2.05, 4.69) is 16.1 Å². The molecule has 0 aromatic carbocycles. The van der Waals surface area contributed by atoms with Crippen molar-refractivity contribution in [2.75, 3.05) is 26.2 Å². The molecule has 2 aliphatic rings. The van der Waals surface area contributed by atoms with Crippen LogP contribution in [0.2, 0.25) is 0 Å². The average molecular weight is 207 g/mol. The molecule has 15 heavy (non-hydrogen) atoms. The number of nitrogens with one attached hydrogen (secondary N) is 1. The smallest absolute Gasteiger partial charge is 0.0445 e. The monoisotopic (exact) mass is 207 g/mol. The zero-order valence-electron chi connectivity index (χ0n) is 9.34. The lowest BCUT2D eigenvalue weighted by molar-refractivity contribution is 0.277. The topological polar surface area (TPSA) is 41.3 Å². The summed E-state index contributed by atoms with van der Waals surface area (Å²) in [6, 6.07) is 0.854. The molecule has 1 unspecified atom stereocenters. The predicted molar refractivity (Wildman–Crippen MR) is 62.5 cm³/mol. The van der Waals surface area contributed by atoms with Crippen molar-refractivity contribution in [3.05, 3.63) is 0 Å². The first kappa shape index (κ1) is 10.9. The molecule has 3 N–H and O–H groups in total. The summed E-state index contributed by atoms with van der Waals surface area (Å²) < 4.78 is 0. The van der Waals surface area contributed by atoms with E-state index in [0.29, 0.717) is 0 Å². The van der Waals surface area contributed by atoms with Gasteiger partial charge in [0.1, 0.15) is 0 Å². The molecule has 1 aliphatic heterocycles. The number of rotatable bonds is 5. The third kappa shape index (κ3) is 2.52.